The molecule has 1 atom stereocenters. The van der Waals surface area contributed by atoms with Crippen molar-refractivity contribution >= 4 is 5.69 Å². The minimum Gasteiger partial charge on any atom is -0.396 e. The fourth-order valence-corrected chi connectivity index (χ4v) is 5.10. The lowest BCUT2D eigenvalue weighted by Gasteiger charge is -2.43. The second-order valence-corrected chi connectivity index (χ2v) is 8.60. The molecule has 0 saturated carbocycles. The van der Waals surface area contributed by atoms with E-state index >= 15 is 0 Å². The van der Waals surface area contributed by atoms with E-state index in [-0.39, 0.29) is 23.5 Å². The zero-order valence-electron chi connectivity index (χ0n) is 17.1. The van der Waals surface area contributed by atoms with Crippen LogP contribution in [-0.2, 0) is 12.7 Å². The number of halogens is 3. The van der Waals surface area contributed by atoms with Crippen molar-refractivity contribution in [3.05, 3.63) is 59.4 Å². The summed E-state index contributed by atoms with van der Waals surface area (Å²) in [7, 11) is 0. The molecule has 0 amide bonds. The zero-order valence-corrected chi connectivity index (χ0v) is 17.1. The highest BCUT2D eigenvalue weighted by Gasteiger charge is 2.47. The molecular formula is C23H25F3N4O. The molecule has 1 aromatic heterocycles. The number of benzene rings is 1. The summed E-state index contributed by atoms with van der Waals surface area (Å²) >= 11 is 0. The van der Waals surface area contributed by atoms with Crippen LogP contribution in [0.25, 0.3) is 0 Å². The van der Waals surface area contributed by atoms with E-state index in [0.717, 1.165) is 44.1 Å². The summed E-state index contributed by atoms with van der Waals surface area (Å²) in [5.74, 6) is 0.151. The summed E-state index contributed by atoms with van der Waals surface area (Å²) in [5, 5.41) is 19.0. The second kappa shape index (κ2) is 8.48. The van der Waals surface area contributed by atoms with Crippen LogP contribution in [0.4, 0.5) is 18.9 Å². The molecule has 3 heterocycles. The third kappa shape index (κ3) is 4.39. The molecule has 4 rings (SSSR count). The van der Waals surface area contributed by atoms with Gasteiger partial charge in [0.2, 0.25) is 0 Å². The van der Waals surface area contributed by atoms with Gasteiger partial charge < -0.3 is 10.0 Å². The van der Waals surface area contributed by atoms with Crippen LogP contribution in [0.2, 0.25) is 0 Å². The molecule has 1 N–H and O–H groups in total. The molecule has 164 valence electrons. The monoisotopic (exact) mass is 430 g/mol. The first kappa shape index (κ1) is 21.6. The predicted octanol–water partition coefficient (Wildman–Crippen LogP) is 3.68. The maximum atomic E-state index is 13.3. The fourth-order valence-electron chi connectivity index (χ4n) is 5.10. The number of hydrogen-bond acceptors (Lipinski definition) is 5. The Morgan fingerprint density at radius 3 is 2.61 bits per heavy atom. The average Bonchev–Trinajstić information content (AvgIpc) is 3.10. The minimum atomic E-state index is -4.56. The number of nitriles is 1. The first-order valence-corrected chi connectivity index (χ1v) is 10.4. The summed E-state index contributed by atoms with van der Waals surface area (Å²) in [6.07, 6.45) is 0.657. The Morgan fingerprint density at radius 2 is 2.00 bits per heavy atom. The lowest BCUT2D eigenvalue weighted by Crippen LogP contribution is -2.45. The lowest BCUT2D eigenvalue weighted by atomic mass is 9.71. The van der Waals surface area contributed by atoms with Crippen LogP contribution in [-0.4, -0.2) is 47.8 Å². The molecule has 1 unspecified atom stereocenters. The molecule has 8 heteroatoms. The molecule has 0 bridgehead atoms. The molecule has 5 nitrogen and oxygen atoms in total. The van der Waals surface area contributed by atoms with Crippen LogP contribution in [0.5, 0.6) is 0 Å². The topological polar surface area (TPSA) is 63.4 Å². The van der Waals surface area contributed by atoms with Gasteiger partial charge in [-0.25, -0.2) is 0 Å². The lowest BCUT2D eigenvalue weighted by molar-refractivity contribution is -0.137. The van der Waals surface area contributed by atoms with Crippen LogP contribution in [0.15, 0.2) is 42.7 Å². The summed E-state index contributed by atoms with van der Waals surface area (Å²) in [5.41, 5.74) is 0.349. The Hall–Kier alpha value is -2.63. The van der Waals surface area contributed by atoms with E-state index in [9.17, 15) is 18.3 Å². The Balaban J connectivity index is 1.47. The highest BCUT2D eigenvalue weighted by atomic mass is 19.4. The van der Waals surface area contributed by atoms with Gasteiger partial charge >= 0.3 is 6.18 Å². The van der Waals surface area contributed by atoms with Crippen molar-refractivity contribution in [3.8, 4) is 6.07 Å². The fraction of sp³-hybridized carbons (Fsp3) is 0.478. The third-order valence-corrected chi connectivity index (χ3v) is 6.79. The number of hydrogen-bond donors (Lipinski definition) is 1. The molecule has 2 saturated heterocycles. The van der Waals surface area contributed by atoms with Crippen molar-refractivity contribution in [2.75, 3.05) is 37.7 Å². The van der Waals surface area contributed by atoms with Crippen molar-refractivity contribution in [2.45, 2.75) is 25.6 Å². The third-order valence-electron chi connectivity index (χ3n) is 6.79. The van der Waals surface area contributed by atoms with Crippen molar-refractivity contribution < 1.29 is 18.3 Å². The molecule has 0 aliphatic carbocycles. The first-order chi connectivity index (χ1) is 14.8. The molecule has 1 aromatic carbocycles. The quantitative estimate of drug-likeness (QED) is 0.802. The van der Waals surface area contributed by atoms with Crippen molar-refractivity contribution in [1.82, 2.24) is 9.88 Å². The van der Waals surface area contributed by atoms with Crippen molar-refractivity contribution in [2.24, 2.45) is 11.3 Å². The van der Waals surface area contributed by atoms with E-state index in [0.29, 0.717) is 18.8 Å². The van der Waals surface area contributed by atoms with E-state index in [1.165, 1.54) is 6.07 Å². The maximum absolute atomic E-state index is 13.3. The van der Waals surface area contributed by atoms with Gasteiger partial charge in [-0.3, -0.25) is 9.88 Å². The molecule has 2 aliphatic rings. The van der Waals surface area contributed by atoms with Gasteiger partial charge in [-0.2, -0.15) is 18.4 Å². The number of pyridine rings is 1. The normalized spacial score (nSPS) is 21.4. The summed E-state index contributed by atoms with van der Waals surface area (Å²) < 4.78 is 40.0. The van der Waals surface area contributed by atoms with Gasteiger partial charge in [-0.05, 0) is 48.1 Å². The van der Waals surface area contributed by atoms with Crippen LogP contribution in [0.3, 0.4) is 0 Å². The molecule has 2 aromatic rings. The zero-order chi connectivity index (χ0) is 22.1. The van der Waals surface area contributed by atoms with Gasteiger partial charge in [0.1, 0.15) is 0 Å². The van der Waals surface area contributed by atoms with Crippen LogP contribution < -0.4 is 4.90 Å². The Kier molecular flexibility index (Phi) is 5.91. The summed E-state index contributed by atoms with van der Waals surface area (Å²) in [4.78, 5) is 8.47. The number of likely N-dealkylation sites (tertiary alicyclic amines) is 1. The smallest absolute Gasteiger partial charge is 0.396 e. The minimum absolute atomic E-state index is 0.0348. The number of nitrogens with zero attached hydrogens (tertiary/aromatic N) is 4. The maximum Gasteiger partial charge on any atom is 0.417 e. The van der Waals surface area contributed by atoms with E-state index in [1.54, 1.807) is 18.3 Å². The number of aromatic nitrogens is 1. The Bertz CT molecular complexity index is 950. The SMILES string of the molecule is N#Cc1ccc(N2CCC3(CC2)CN(Cc2cccnc2)CC3CO)cc1C(F)(F)F. The van der Waals surface area contributed by atoms with Gasteiger partial charge in [0, 0.05) is 63.3 Å². The molecular weight excluding hydrogens is 405 g/mol. The summed E-state index contributed by atoms with van der Waals surface area (Å²) in [6.45, 7) is 3.81. The predicted molar refractivity (Wildman–Crippen MR) is 110 cm³/mol. The standard InChI is InChI=1S/C23H25F3N4O/c24-23(25,26)21-10-20(4-3-18(21)11-27)30-8-5-22(6-9-30)16-29(14-19(22)15-31)13-17-2-1-7-28-12-17/h1-4,7,10,12,19,31H,5-6,8-9,13-16H2. The number of alkyl halides is 3. The number of aliphatic hydroxyl groups excluding tert-OH is 1. The van der Waals surface area contributed by atoms with Gasteiger partial charge in [0.15, 0.2) is 0 Å². The van der Waals surface area contributed by atoms with Crippen molar-refractivity contribution in [1.29, 1.82) is 5.26 Å². The van der Waals surface area contributed by atoms with Gasteiger partial charge in [0.05, 0.1) is 17.2 Å². The van der Waals surface area contributed by atoms with Crippen LogP contribution in [0, 0.1) is 22.7 Å². The molecule has 31 heavy (non-hydrogen) atoms. The first-order valence-electron chi connectivity index (χ1n) is 10.4. The molecule has 2 fully saturated rings. The second-order valence-electron chi connectivity index (χ2n) is 8.60. The van der Waals surface area contributed by atoms with E-state index in [1.807, 2.05) is 23.2 Å². The average molecular weight is 430 g/mol. The highest BCUT2D eigenvalue weighted by Crippen LogP contribution is 2.46. The van der Waals surface area contributed by atoms with E-state index < -0.39 is 11.7 Å². The number of aliphatic hydroxyl groups is 1. The molecule has 0 radical (unpaired) electrons. The number of rotatable bonds is 4. The van der Waals surface area contributed by atoms with E-state index in [4.69, 9.17) is 5.26 Å². The largest absolute Gasteiger partial charge is 0.417 e. The molecule has 1 spiro atoms. The van der Waals surface area contributed by atoms with Crippen LogP contribution >= 0.6 is 0 Å². The van der Waals surface area contributed by atoms with Gasteiger partial charge in [-0.1, -0.05) is 6.07 Å². The van der Waals surface area contributed by atoms with Gasteiger partial charge in [0.25, 0.3) is 0 Å². The van der Waals surface area contributed by atoms with Crippen molar-refractivity contribution in [3.63, 3.8) is 0 Å². The number of anilines is 1. The Morgan fingerprint density at radius 1 is 1.23 bits per heavy atom. The van der Waals surface area contributed by atoms with Gasteiger partial charge in [-0.15, -0.1) is 0 Å². The van der Waals surface area contributed by atoms with Crippen LogP contribution in [0.1, 0.15) is 29.5 Å². The highest BCUT2D eigenvalue weighted by molar-refractivity contribution is 5.55. The Labute approximate surface area is 179 Å². The molecule has 2 aliphatic heterocycles. The summed E-state index contributed by atoms with van der Waals surface area (Å²) in [6, 6.07) is 9.52. The van der Waals surface area contributed by atoms with E-state index in [2.05, 4.69) is 9.88 Å². The number of piperidine rings is 1.